The first-order valence-electron chi connectivity index (χ1n) is 9.34. The van der Waals surface area contributed by atoms with Gasteiger partial charge in [-0.25, -0.2) is 14.3 Å². The molecular formula is C20H19N7O. The second kappa shape index (κ2) is 6.23. The lowest BCUT2D eigenvalue weighted by atomic mass is 9.83. The zero-order chi connectivity index (χ0) is 19.3. The summed E-state index contributed by atoms with van der Waals surface area (Å²) in [6, 6.07) is 10.2. The van der Waals surface area contributed by atoms with Crippen molar-refractivity contribution >= 4 is 0 Å². The Balaban J connectivity index is 1.66. The maximum Gasteiger partial charge on any atom is 0.224 e. The van der Waals surface area contributed by atoms with Gasteiger partial charge in [0, 0.05) is 12.5 Å². The number of ether oxygens (including phenoxy) is 1. The molecule has 3 aromatic rings. The van der Waals surface area contributed by atoms with Gasteiger partial charge in [-0.2, -0.15) is 15.5 Å². The molecule has 1 aliphatic carbocycles. The van der Waals surface area contributed by atoms with Gasteiger partial charge in [0.15, 0.2) is 0 Å². The standard InChI is InChI=1S/C20H19N7O/c1-2-26-20-17(18(25-26)13-3-4-13)16(15(9-21)19(22)28-20)12-5-7-14(8-6-12)27-11-23-10-24-27/h5-8,10-11,13,16H,2-4,22H2,1H3. The van der Waals surface area contributed by atoms with E-state index in [2.05, 4.69) is 16.2 Å². The number of hydrogen-bond donors (Lipinski definition) is 1. The van der Waals surface area contributed by atoms with Crippen LogP contribution < -0.4 is 10.5 Å². The Morgan fingerprint density at radius 3 is 2.68 bits per heavy atom. The third-order valence-electron chi connectivity index (χ3n) is 5.31. The highest BCUT2D eigenvalue weighted by atomic mass is 16.5. The van der Waals surface area contributed by atoms with E-state index in [1.54, 1.807) is 11.0 Å². The van der Waals surface area contributed by atoms with Gasteiger partial charge in [-0.3, -0.25) is 0 Å². The second-order valence-corrected chi connectivity index (χ2v) is 7.05. The quantitative estimate of drug-likeness (QED) is 0.753. The highest BCUT2D eigenvalue weighted by Crippen LogP contribution is 2.50. The Labute approximate surface area is 161 Å². The molecule has 140 valence electrons. The third kappa shape index (κ3) is 2.47. The molecule has 1 unspecified atom stereocenters. The maximum absolute atomic E-state index is 9.82. The molecule has 1 aliphatic heterocycles. The number of allylic oxidation sites excluding steroid dienone is 1. The lowest BCUT2D eigenvalue weighted by Gasteiger charge is -2.25. The van der Waals surface area contributed by atoms with Gasteiger partial charge < -0.3 is 10.5 Å². The first-order valence-corrected chi connectivity index (χ1v) is 9.34. The zero-order valence-electron chi connectivity index (χ0n) is 15.4. The van der Waals surface area contributed by atoms with Crippen molar-refractivity contribution in [2.24, 2.45) is 5.73 Å². The fraction of sp³-hybridized carbons (Fsp3) is 0.300. The van der Waals surface area contributed by atoms with E-state index in [1.165, 1.54) is 6.33 Å². The van der Waals surface area contributed by atoms with Crippen molar-refractivity contribution < 1.29 is 4.74 Å². The summed E-state index contributed by atoms with van der Waals surface area (Å²) in [5, 5.41) is 18.8. The van der Waals surface area contributed by atoms with Crippen molar-refractivity contribution in [1.82, 2.24) is 24.5 Å². The van der Waals surface area contributed by atoms with Crippen LogP contribution in [-0.2, 0) is 6.54 Å². The first kappa shape index (κ1) is 16.6. The zero-order valence-corrected chi connectivity index (χ0v) is 15.4. The molecule has 3 heterocycles. The number of nitrogens with zero attached hydrogens (tertiary/aromatic N) is 6. The van der Waals surface area contributed by atoms with Crippen molar-refractivity contribution in [2.45, 2.75) is 38.1 Å². The van der Waals surface area contributed by atoms with Crippen LogP contribution >= 0.6 is 0 Å². The van der Waals surface area contributed by atoms with Gasteiger partial charge >= 0.3 is 0 Å². The van der Waals surface area contributed by atoms with E-state index in [-0.39, 0.29) is 11.8 Å². The van der Waals surface area contributed by atoms with E-state index >= 15 is 0 Å². The monoisotopic (exact) mass is 373 g/mol. The summed E-state index contributed by atoms with van der Waals surface area (Å²) < 4.78 is 9.41. The number of hydrogen-bond acceptors (Lipinski definition) is 6. The van der Waals surface area contributed by atoms with Crippen LogP contribution in [0.5, 0.6) is 5.88 Å². The SMILES string of the molecule is CCn1nc(C2CC2)c2c1OC(N)=C(C#N)C2c1ccc(-n2cncn2)cc1. The van der Waals surface area contributed by atoms with E-state index in [0.717, 1.165) is 35.3 Å². The average molecular weight is 373 g/mol. The summed E-state index contributed by atoms with van der Waals surface area (Å²) in [5.74, 6) is 0.958. The van der Waals surface area contributed by atoms with Crippen molar-refractivity contribution in [1.29, 1.82) is 5.26 Å². The Hall–Kier alpha value is -3.60. The van der Waals surface area contributed by atoms with E-state index < -0.39 is 0 Å². The molecule has 28 heavy (non-hydrogen) atoms. The molecular weight excluding hydrogens is 354 g/mol. The minimum Gasteiger partial charge on any atom is -0.422 e. The number of benzene rings is 1. The molecule has 0 bridgehead atoms. The van der Waals surface area contributed by atoms with Gasteiger partial charge in [-0.05, 0) is 37.5 Å². The minimum atomic E-state index is -0.283. The van der Waals surface area contributed by atoms with Crippen molar-refractivity contribution in [2.75, 3.05) is 0 Å². The van der Waals surface area contributed by atoms with Crippen LogP contribution in [0, 0.1) is 11.3 Å². The van der Waals surface area contributed by atoms with E-state index in [0.29, 0.717) is 23.9 Å². The molecule has 1 aromatic carbocycles. The highest BCUT2D eigenvalue weighted by molar-refractivity contribution is 5.57. The Kier molecular flexibility index (Phi) is 3.69. The van der Waals surface area contributed by atoms with Gasteiger partial charge in [0.2, 0.25) is 11.8 Å². The number of rotatable bonds is 4. The normalized spacial score (nSPS) is 18.5. The molecule has 1 atom stereocenters. The summed E-state index contributed by atoms with van der Waals surface area (Å²) in [6.07, 6.45) is 5.38. The number of nitriles is 1. The molecule has 0 saturated heterocycles. The van der Waals surface area contributed by atoms with Gasteiger partial charge in [0.05, 0.1) is 22.9 Å². The lowest BCUT2D eigenvalue weighted by molar-refractivity contribution is 0.350. The molecule has 2 N–H and O–H groups in total. The van der Waals surface area contributed by atoms with Crippen LogP contribution in [0.25, 0.3) is 5.69 Å². The first-order chi connectivity index (χ1) is 13.7. The molecule has 0 spiro atoms. The Morgan fingerprint density at radius 2 is 2.07 bits per heavy atom. The van der Waals surface area contributed by atoms with Crippen molar-refractivity contribution in [3.63, 3.8) is 0 Å². The fourth-order valence-electron chi connectivity index (χ4n) is 3.79. The van der Waals surface area contributed by atoms with E-state index in [1.807, 2.05) is 35.9 Å². The molecule has 5 rings (SSSR count). The topological polar surface area (TPSA) is 108 Å². The predicted molar refractivity (Wildman–Crippen MR) is 101 cm³/mol. The van der Waals surface area contributed by atoms with E-state index in [9.17, 15) is 5.26 Å². The summed E-state index contributed by atoms with van der Waals surface area (Å²) >= 11 is 0. The molecule has 0 radical (unpaired) electrons. The van der Waals surface area contributed by atoms with Gasteiger partial charge in [-0.15, -0.1) is 0 Å². The van der Waals surface area contributed by atoms with Gasteiger partial charge in [-0.1, -0.05) is 12.1 Å². The largest absolute Gasteiger partial charge is 0.422 e. The van der Waals surface area contributed by atoms with Crippen LogP contribution in [0.15, 0.2) is 48.4 Å². The van der Waals surface area contributed by atoms with Crippen LogP contribution in [0.2, 0.25) is 0 Å². The third-order valence-corrected chi connectivity index (χ3v) is 5.31. The highest BCUT2D eigenvalue weighted by Gasteiger charge is 2.41. The lowest BCUT2D eigenvalue weighted by Crippen LogP contribution is -2.22. The Morgan fingerprint density at radius 1 is 1.29 bits per heavy atom. The number of aromatic nitrogens is 5. The minimum absolute atomic E-state index is 0.150. The summed E-state index contributed by atoms with van der Waals surface area (Å²) in [5.41, 5.74) is 10.4. The van der Waals surface area contributed by atoms with Crippen molar-refractivity contribution in [3.05, 3.63) is 65.2 Å². The smallest absolute Gasteiger partial charge is 0.224 e. The number of fused-ring (bicyclic) bond motifs is 1. The molecule has 1 fully saturated rings. The van der Waals surface area contributed by atoms with E-state index in [4.69, 9.17) is 15.6 Å². The average Bonchev–Trinajstić information content (AvgIpc) is 3.28. The fourth-order valence-corrected chi connectivity index (χ4v) is 3.79. The summed E-state index contributed by atoms with van der Waals surface area (Å²) in [4.78, 5) is 3.98. The number of aryl methyl sites for hydroxylation is 1. The molecule has 1 saturated carbocycles. The van der Waals surface area contributed by atoms with Crippen LogP contribution in [0.4, 0.5) is 0 Å². The van der Waals surface area contributed by atoms with Crippen LogP contribution in [0.1, 0.15) is 48.4 Å². The molecule has 2 aromatic heterocycles. The molecule has 0 amide bonds. The second-order valence-electron chi connectivity index (χ2n) is 7.05. The van der Waals surface area contributed by atoms with Crippen LogP contribution in [0.3, 0.4) is 0 Å². The molecule has 8 heteroatoms. The number of nitrogens with two attached hydrogens (primary N) is 1. The van der Waals surface area contributed by atoms with Gasteiger partial charge in [0.1, 0.15) is 24.3 Å². The van der Waals surface area contributed by atoms with Crippen LogP contribution in [-0.4, -0.2) is 24.5 Å². The summed E-state index contributed by atoms with van der Waals surface area (Å²) in [7, 11) is 0. The predicted octanol–water partition coefficient (Wildman–Crippen LogP) is 2.58. The van der Waals surface area contributed by atoms with Gasteiger partial charge in [0.25, 0.3) is 0 Å². The summed E-state index contributed by atoms with van der Waals surface area (Å²) in [6.45, 7) is 2.71. The maximum atomic E-state index is 9.82. The Bertz CT molecular complexity index is 1100. The molecule has 2 aliphatic rings. The molecule has 8 nitrogen and oxygen atoms in total. The van der Waals surface area contributed by atoms with Crippen molar-refractivity contribution in [3.8, 4) is 17.6 Å².